The van der Waals surface area contributed by atoms with Gasteiger partial charge in [0.25, 0.3) is 0 Å². The van der Waals surface area contributed by atoms with Gasteiger partial charge >= 0.3 is 5.97 Å². The molecule has 1 saturated carbocycles. The van der Waals surface area contributed by atoms with Crippen LogP contribution in [0.4, 0.5) is 0 Å². The highest BCUT2D eigenvalue weighted by atomic mass is 79.9. The van der Waals surface area contributed by atoms with Crippen molar-refractivity contribution in [2.75, 3.05) is 13.1 Å². The molecule has 18 heavy (non-hydrogen) atoms. The maximum atomic E-state index is 10.9. The lowest BCUT2D eigenvalue weighted by Crippen LogP contribution is -2.31. The average molecular weight is 333 g/mol. The maximum absolute atomic E-state index is 10.9. The zero-order chi connectivity index (χ0) is 13.1. The number of halogens is 2. The van der Waals surface area contributed by atoms with E-state index in [1.165, 1.54) is 12.8 Å². The minimum absolute atomic E-state index is 0.0688. The molecule has 98 valence electrons. The van der Waals surface area contributed by atoms with E-state index in [2.05, 4.69) is 15.9 Å². The number of carboxylic acids is 1. The van der Waals surface area contributed by atoms with Gasteiger partial charge in [0.15, 0.2) is 0 Å². The van der Waals surface area contributed by atoms with E-state index in [0.717, 1.165) is 16.6 Å². The molecule has 0 aromatic heterocycles. The Hall–Kier alpha value is -0.580. The van der Waals surface area contributed by atoms with Crippen molar-refractivity contribution in [3.63, 3.8) is 0 Å². The second-order valence-electron chi connectivity index (χ2n) is 4.74. The van der Waals surface area contributed by atoms with Gasteiger partial charge in [-0.1, -0.05) is 27.5 Å². The van der Waals surface area contributed by atoms with Crippen molar-refractivity contribution in [1.29, 1.82) is 0 Å². The first-order valence-electron chi connectivity index (χ1n) is 5.92. The highest BCUT2D eigenvalue weighted by molar-refractivity contribution is 9.10. The molecule has 0 unspecified atom stereocenters. The molecule has 0 saturated heterocycles. The van der Waals surface area contributed by atoms with Crippen LogP contribution in [0.5, 0.6) is 0 Å². The summed E-state index contributed by atoms with van der Waals surface area (Å²) in [6.07, 6.45) is 2.42. The Morgan fingerprint density at radius 2 is 2.22 bits per heavy atom. The maximum Gasteiger partial charge on any atom is 0.317 e. The Labute approximate surface area is 120 Å². The minimum atomic E-state index is -0.790. The number of nitrogens with zero attached hydrogens (tertiary/aromatic N) is 1. The van der Waals surface area contributed by atoms with Crippen molar-refractivity contribution in [2.45, 2.75) is 19.4 Å². The monoisotopic (exact) mass is 331 g/mol. The van der Waals surface area contributed by atoms with E-state index in [-0.39, 0.29) is 6.54 Å². The molecular formula is C13H15BrClNO2. The smallest absolute Gasteiger partial charge is 0.317 e. The summed E-state index contributed by atoms with van der Waals surface area (Å²) >= 11 is 9.54. The van der Waals surface area contributed by atoms with Crippen LogP contribution in [-0.4, -0.2) is 29.1 Å². The van der Waals surface area contributed by atoms with Gasteiger partial charge in [-0.05, 0) is 42.5 Å². The topological polar surface area (TPSA) is 40.5 Å². The summed E-state index contributed by atoms with van der Waals surface area (Å²) in [6, 6.07) is 5.66. The molecule has 1 fully saturated rings. The minimum Gasteiger partial charge on any atom is -0.480 e. The Kier molecular flexibility index (Phi) is 4.65. The Morgan fingerprint density at radius 1 is 1.50 bits per heavy atom. The summed E-state index contributed by atoms with van der Waals surface area (Å²) < 4.78 is 0.962. The van der Waals surface area contributed by atoms with Crippen LogP contribution in [0, 0.1) is 5.92 Å². The quantitative estimate of drug-likeness (QED) is 0.868. The molecule has 0 radical (unpaired) electrons. The number of aliphatic carboxylic acids is 1. The third-order valence-corrected chi connectivity index (χ3v) is 3.84. The first-order chi connectivity index (χ1) is 8.54. The van der Waals surface area contributed by atoms with E-state index in [9.17, 15) is 4.79 Å². The largest absolute Gasteiger partial charge is 0.480 e. The van der Waals surface area contributed by atoms with Gasteiger partial charge in [0, 0.05) is 22.6 Å². The van der Waals surface area contributed by atoms with Gasteiger partial charge in [0.1, 0.15) is 0 Å². The number of hydrogen-bond acceptors (Lipinski definition) is 2. The van der Waals surface area contributed by atoms with Crippen LogP contribution in [0.15, 0.2) is 22.7 Å². The van der Waals surface area contributed by atoms with E-state index in [4.69, 9.17) is 16.7 Å². The Bertz CT molecular complexity index is 449. The number of carbonyl (C=O) groups is 1. The molecule has 1 aromatic rings. The van der Waals surface area contributed by atoms with E-state index in [0.29, 0.717) is 17.5 Å². The van der Waals surface area contributed by atoms with Gasteiger partial charge in [-0.15, -0.1) is 0 Å². The third-order valence-electron chi connectivity index (χ3n) is 2.97. The molecular weight excluding hydrogens is 318 g/mol. The molecule has 0 atom stereocenters. The predicted molar refractivity (Wildman–Crippen MR) is 74.8 cm³/mol. The highest BCUT2D eigenvalue weighted by Crippen LogP contribution is 2.31. The van der Waals surface area contributed by atoms with Gasteiger partial charge in [-0.2, -0.15) is 0 Å². The van der Waals surface area contributed by atoms with E-state index >= 15 is 0 Å². The van der Waals surface area contributed by atoms with Gasteiger partial charge in [0.05, 0.1) is 6.54 Å². The summed E-state index contributed by atoms with van der Waals surface area (Å²) in [4.78, 5) is 12.8. The normalized spacial score (nSPS) is 15.1. The lowest BCUT2D eigenvalue weighted by Gasteiger charge is -2.20. The number of rotatable bonds is 6. The number of hydrogen-bond donors (Lipinski definition) is 1. The van der Waals surface area contributed by atoms with Gasteiger partial charge < -0.3 is 5.11 Å². The lowest BCUT2D eigenvalue weighted by molar-refractivity contribution is -0.138. The van der Waals surface area contributed by atoms with E-state index in [1.807, 2.05) is 23.1 Å². The standard InChI is InChI=1S/C13H15BrClNO2/c14-11-3-4-12(15)10(5-11)7-16(8-13(17)18)6-9-1-2-9/h3-5,9H,1-2,6-8H2,(H,17,18). The third kappa shape index (κ3) is 4.26. The molecule has 0 spiro atoms. The van der Waals surface area contributed by atoms with E-state index < -0.39 is 5.97 Å². The van der Waals surface area contributed by atoms with Crippen molar-refractivity contribution in [1.82, 2.24) is 4.90 Å². The molecule has 0 amide bonds. The van der Waals surface area contributed by atoms with Crippen molar-refractivity contribution in [3.05, 3.63) is 33.3 Å². The van der Waals surface area contributed by atoms with Gasteiger partial charge in [-0.25, -0.2) is 0 Å². The lowest BCUT2D eigenvalue weighted by atomic mass is 10.2. The average Bonchev–Trinajstić information content (AvgIpc) is 3.06. The van der Waals surface area contributed by atoms with Crippen molar-refractivity contribution in [2.24, 2.45) is 5.92 Å². The van der Waals surface area contributed by atoms with Crippen LogP contribution in [0.1, 0.15) is 18.4 Å². The molecule has 5 heteroatoms. The van der Waals surface area contributed by atoms with Crippen molar-refractivity contribution >= 4 is 33.5 Å². The fraction of sp³-hybridized carbons (Fsp3) is 0.462. The summed E-state index contributed by atoms with van der Waals surface area (Å²) in [5.41, 5.74) is 0.966. The van der Waals surface area contributed by atoms with Crippen LogP contribution in [0.2, 0.25) is 5.02 Å². The Morgan fingerprint density at radius 3 is 2.83 bits per heavy atom. The second-order valence-corrected chi connectivity index (χ2v) is 6.07. The molecule has 1 aliphatic carbocycles. The van der Waals surface area contributed by atoms with Crippen LogP contribution in [0.3, 0.4) is 0 Å². The summed E-state index contributed by atoms with van der Waals surface area (Å²) in [5, 5.41) is 9.62. The molecule has 3 nitrogen and oxygen atoms in total. The molecule has 0 aliphatic heterocycles. The van der Waals surface area contributed by atoms with Gasteiger partial charge in [0.2, 0.25) is 0 Å². The molecule has 0 heterocycles. The molecule has 0 bridgehead atoms. The first-order valence-corrected chi connectivity index (χ1v) is 7.10. The number of carboxylic acid groups (broad SMARTS) is 1. The second kappa shape index (κ2) is 6.04. The van der Waals surface area contributed by atoms with Crippen LogP contribution in [0.25, 0.3) is 0 Å². The fourth-order valence-corrected chi connectivity index (χ4v) is 2.53. The summed E-state index contributed by atoms with van der Waals surface area (Å²) in [6.45, 7) is 1.50. The SMILES string of the molecule is O=C(O)CN(Cc1cc(Br)ccc1Cl)CC1CC1. The predicted octanol–water partition coefficient (Wildman–Crippen LogP) is 3.40. The van der Waals surface area contributed by atoms with Gasteiger partial charge in [-0.3, -0.25) is 9.69 Å². The van der Waals surface area contributed by atoms with Crippen LogP contribution in [-0.2, 0) is 11.3 Å². The van der Waals surface area contributed by atoms with Crippen molar-refractivity contribution < 1.29 is 9.90 Å². The molecule has 1 N–H and O–H groups in total. The van der Waals surface area contributed by atoms with Crippen LogP contribution < -0.4 is 0 Å². The Balaban J connectivity index is 2.05. The zero-order valence-electron chi connectivity index (χ0n) is 9.90. The van der Waals surface area contributed by atoms with Crippen LogP contribution >= 0.6 is 27.5 Å². The van der Waals surface area contributed by atoms with E-state index in [1.54, 1.807) is 0 Å². The highest BCUT2D eigenvalue weighted by Gasteiger charge is 2.25. The number of benzene rings is 1. The fourth-order valence-electron chi connectivity index (χ4n) is 1.95. The molecule has 1 aromatic carbocycles. The molecule has 2 rings (SSSR count). The molecule has 1 aliphatic rings. The summed E-state index contributed by atoms with van der Waals surface area (Å²) in [5.74, 6) is -0.128. The first kappa shape index (κ1) is 13.8. The summed E-state index contributed by atoms with van der Waals surface area (Å²) in [7, 11) is 0. The zero-order valence-corrected chi connectivity index (χ0v) is 12.2. The van der Waals surface area contributed by atoms with Crippen molar-refractivity contribution in [3.8, 4) is 0 Å².